The summed E-state index contributed by atoms with van der Waals surface area (Å²) in [6.07, 6.45) is 6.06. The third kappa shape index (κ3) is 6.62. The van der Waals surface area contributed by atoms with E-state index in [0.29, 0.717) is 18.4 Å². The van der Waals surface area contributed by atoms with Crippen LogP contribution in [0.25, 0.3) is 11.0 Å². The van der Waals surface area contributed by atoms with E-state index >= 15 is 0 Å². The van der Waals surface area contributed by atoms with Gasteiger partial charge < -0.3 is 20.4 Å². The van der Waals surface area contributed by atoms with Crippen molar-refractivity contribution in [1.29, 1.82) is 0 Å². The fourth-order valence-electron chi connectivity index (χ4n) is 5.91. The number of rotatable bonds is 13. The molecule has 0 saturated heterocycles. The lowest BCUT2D eigenvalue weighted by molar-refractivity contribution is -0.135. The summed E-state index contributed by atoms with van der Waals surface area (Å²) in [6, 6.07) is 13.4. The molecule has 2 aromatic carbocycles. The molecule has 1 unspecified atom stereocenters. The molecular formula is C33H43ClN4O3. The van der Waals surface area contributed by atoms with Gasteiger partial charge in [-0.05, 0) is 85.6 Å². The standard InChI is InChI=1S/C33H43ClN4O3/c1-20(2)25(24-10-5-6-11-26(24)34)17-29-36-27-15-14-23(16-28(27)37-29)33(3,19-41-4)32(40)38-30(22-8-7-9-22)31(39)35-18-21-12-13-21/h5-6,10-11,14-16,20-22,25,30H,7-9,12-13,17-19H2,1-4H3,(H,35,39)(H,36,37)(H,38,40)/t25-,30+,33?/m0/s1. The van der Waals surface area contributed by atoms with Crippen molar-refractivity contribution < 1.29 is 14.3 Å². The second kappa shape index (κ2) is 12.5. The average molecular weight is 579 g/mol. The van der Waals surface area contributed by atoms with Gasteiger partial charge in [0.2, 0.25) is 11.8 Å². The normalized spacial score (nSPS) is 18.5. The minimum Gasteiger partial charge on any atom is -0.383 e. The number of halogens is 1. The zero-order valence-corrected chi connectivity index (χ0v) is 25.4. The number of carbonyl (C=O) groups is 2. The van der Waals surface area contributed by atoms with Crippen LogP contribution in [-0.4, -0.2) is 48.1 Å². The van der Waals surface area contributed by atoms with Gasteiger partial charge in [-0.3, -0.25) is 9.59 Å². The van der Waals surface area contributed by atoms with Gasteiger partial charge in [0.05, 0.1) is 23.1 Å². The maximum absolute atomic E-state index is 13.9. The molecule has 2 aliphatic carbocycles. The lowest BCUT2D eigenvalue weighted by Gasteiger charge is -2.36. The Hall–Kier alpha value is -2.90. The molecule has 3 atom stereocenters. The number of ether oxygens (including phenoxy) is 1. The number of imidazole rings is 1. The van der Waals surface area contributed by atoms with Crippen LogP contribution in [0.1, 0.15) is 75.7 Å². The Morgan fingerprint density at radius 2 is 1.90 bits per heavy atom. The second-order valence-corrected chi connectivity index (χ2v) is 13.0. The number of carbonyl (C=O) groups excluding carboxylic acids is 2. The molecule has 7 nitrogen and oxygen atoms in total. The summed E-state index contributed by atoms with van der Waals surface area (Å²) in [5.41, 5.74) is 2.67. The second-order valence-electron chi connectivity index (χ2n) is 12.6. The first-order valence-corrected chi connectivity index (χ1v) is 15.4. The highest BCUT2D eigenvalue weighted by Gasteiger charge is 2.41. The van der Waals surface area contributed by atoms with Crippen molar-refractivity contribution in [3.8, 4) is 0 Å². The van der Waals surface area contributed by atoms with E-state index in [1.165, 1.54) is 12.8 Å². The van der Waals surface area contributed by atoms with E-state index in [9.17, 15) is 9.59 Å². The van der Waals surface area contributed by atoms with Crippen molar-refractivity contribution in [1.82, 2.24) is 20.6 Å². The first kappa shape index (κ1) is 29.6. The molecule has 2 aliphatic rings. The number of methoxy groups -OCH3 is 1. The number of hydrogen-bond acceptors (Lipinski definition) is 4. The van der Waals surface area contributed by atoms with E-state index in [-0.39, 0.29) is 30.3 Å². The number of nitrogens with one attached hydrogen (secondary N) is 3. The Morgan fingerprint density at radius 3 is 2.54 bits per heavy atom. The number of aromatic amines is 1. The zero-order valence-electron chi connectivity index (χ0n) is 24.6. The van der Waals surface area contributed by atoms with Crippen molar-refractivity contribution in [3.05, 3.63) is 64.4 Å². The molecule has 0 bridgehead atoms. The van der Waals surface area contributed by atoms with Crippen molar-refractivity contribution in [2.75, 3.05) is 20.3 Å². The fraction of sp³-hybridized carbons (Fsp3) is 0.545. The van der Waals surface area contributed by atoms with E-state index in [1.807, 2.05) is 43.3 Å². The quantitative estimate of drug-likeness (QED) is 0.235. The van der Waals surface area contributed by atoms with E-state index in [1.54, 1.807) is 7.11 Å². The van der Waals surface area contributed by atoms with Gasteiger partial charge in [0.25, 0.3) is 0 Å². The molecule has 3 aromatic rings. The Labute approximate surface area is 248 Å². The zero-order chi connectivity index (χ0) is 29.1. The van der Waals surface area contributed by atoms with Gasteiger partial charge in [0.15, 0.2) is 0 Å². The van der Waals surface area contributed by atoms with Crippen molar-refractivity contribution >= 4 is 34.4 Å². The Morgan fingerprint density at radius 1 is 1.15 bits per heavy atom. The van der Waals surface area contributed by atoms with Gasteiger partial charge in [-0.1, -0.05) is 56.1 Å². The summed E-state index contributed by atoms with van der Waals surface area (Å²) in [7, 11) is 1.60. The maximum atomic E-state index is 13.9. The van der Waals surface area contributed by atoms with Crippen LogP contribution in [0.4, 0.5) is 0 Å². The molecule has 2 saturated carbocycles. The van der Waals surface area contributed by atoms with Crippen LogP contribution in [0.5, 0.6) is 0 Å². The molecule has 0 aliphatic heterocycles. The van der Waals surface area contributed by atoms with E-state index in [2.05, 4.69) is 35.5 Å². The summed E-state index contributed by atoms with van der Waals surface area (Å²) in [5.74, 6) is 1.96. The number of H-pyrrole nitrogens is 1. The first-order chi connectivity index (χ1) is 19.7. The van der Waals surface area contributed by atoms with Crippen molar-refractivity contribution in [3.63, 3.8) is 0 Å². The summed E-state index contributed by atoms with van der Waals surface area (Å²) in [4.78, 5) is 35.4. The third-order valence-electron chi connectivity index (χ3n) is 9.08. The van der Waals surface area contributed by atoms with Crippen molar-refractivity contribution in [2.24, 2.45) is 17.8 Å². The molecule has 2 fully saturated rings. The van der Waals surface area contributed by atoms with Gasteiger partial charge >= 0.3 is 0 Å². The number of benzene rings is 2. The molecule has 0 radical (unpaired) electrons. The topological polar surface area (TPSA) is 96.1 Å². The lowest BCUT2D eigenvalue weighted by atomic mass is 9.77. The Balaban J connectivity index is 1.37. The molecule has 41 heavy (non-hydrogen) atoms. The Kier molecular flexibility index (Phi) is 9.05. The smallest absolute Gasteiger partial charge is 0.242 e. The molecule has 0 spiro atoms. The van der Waals surface area contributed by atoms with E-state index < -0.39 is 11.5 Å². The van der Waals surface area contributed by atoms with Crippen LogP contribution in [0.3, 0.4) is 0 Å². The van der Waals surface area contributed by atoms with Crippen LogP contribution in [-0.2, 0) is 26.2 Å². The Bertz CT molecular complexity index is 1380. The SMILES string of the molecule is COCC(C)(C(=O)N[C@@H](C(=O)NCC1CC1)C1CCC1)c1ccc2nc(C[C@H](c3ccccc3Cl)C(C)C)[nH]c2c1. The monoisotopic (exact) mass is 578 g/mol. The molecule has 8 heteroatoms. The van der Waals surface area contributed by atoms with Crippen LogP contribution >= 0.6 is 11.6 Å². The molecule has 2 amide bonds. The highest BCUT2D eigenvalue weighted by atomic mass is 35.5. The third-order valence-corrected chi connectivity index (χ3v) is 9.42. The van der Waals surface area contributed by atoms with Gasteiger partial charge in [-0.25, -0.2) is 4.98 Å². The van der Waals surface area contributed by atoms with Crippen molar-refractivity contribution in [2.45, 2.75) is 76.7 Å². The number of aromatic nitrogens is 2. The number of fused-ring (bicyclic) bond motifs is 1. The predicted molar refractivity (Wildman–Crippen MR) is 163 cm³/mol. The van der Waals surface area contributed by atoms with E-state index in [4.69, 9.17) is 21.3 Å². The van der Waals surface area contributed by atoms with Crippen LogP contribution in [0.15, 0.2) is 42.5 Å². The minimum absolute atomic E-state index is 0.0680. The molecule has 220 valence electrons. The van der Waals surface area contributed by atoms with E-state index in [0.717, 1.165) is 58.7 Å². The van der Waals surface area contributed by atoms with Gasteiger partial charge in [-0.2, -0.15) is 0 Å². The first-order valence-electron chi connectivity index (χ1n) is 15.0. The van der Waals surface area contributed by atoms with Gasteiger partial charge in [-0.15, -0.1) is 0 Å². The summed E-state index contributed by atoms with van der Waals surface area (Å²) >= 11 is 6.55. The van der Waals surface area contributed by atoms with Crippen LogP contribution in [0.2, 0.25) is 5.02 Å². The summed E-state index contributed by atoms with van der Waals surface area (Å²) in [6.45, 7) is 7.17. The molecule has 1 heterocycles. The van der Waals surface area contributed by atoms with Gasteiger partial charge in [0.1, 0.15) is 11.9 Å². The molecule has 1 aromatic heterocycles. The fourth-order valence-corrected chi connectivity index (χ4v) is 6.18. The number of nitrogens with zero attached hydrogens (tertiary/aromatic N) is 1. The molecule has 5 rings (SSSR count). The predicted octanol–water partition coefficient (Wildman–Crippen LogP) is 5.91. The molecule has 3 N–H and O–H groups in total. The molecular weight excluding hydrogens is 536 g/mol. The van der Waals surface area contributed by atoms with Crippen LogP contribution in [0, 0.1) is 17.8 Å². The summed E-state index contributed by atoms with van der Waals surface area (Å²) < 4.78 is 5.57. The number of amides is 2. The van der Waals surface area contributed by atoms with Gasteiger partial charge in [0, 0.05) is 25.1 Å². The largest absolute Gasteiger partial charge is 0.383 e. The minimum atomic E-state index is -0.981. The van der Waals surface area contributed by atoms with Crippen LogP contribution < -0.4 is 10.6 Å². The number of hydrogen-bond donors (Lipinski definition) is 3. The highest BCUT2D eigenvalue weighted by molar-refractivity contribution is 6.31. The highest BCUT2D eigenvalue weighted by Crippen LogP contribution is 2.35. The average Bonchev–Trinajstić information content (AvgIpc) is 3.66. The maximum Gasteiger partial charge on any atom is 0.242 e. The summed E-state index contributed by atoms with van der Waals surface area (Å²) in [5, 5.41) is 6.98. The lowest BCUT2D eigenvalue weighted by Crippen LogP contribution is -2.57.